The average molecular weight is 245 g/mol. The van der Waals surface area contributed by atoms with E-state index in [2.05, 4.69) is 15.9 Å². The summed E-state index contributed by atoms with van der Waals surface area (Å²) in [7, 11) is 0. The summed E-state index contributed by atoms with van der Waals surface area (Å²) < 4.78 is 0.732. The van der Waals surface area contributed by atoms with Gasteiger partial charge in [-0.2, -0.15) is 0 Å². The Morgan fingerprint density at radius 3 is 2.62 bits per heavy atom. The number of carboxylic acids is 1. The standard InChI is InChI=1S/C8H9BrN2O2/c9-5-1-4(2-7(12)13)8(11)6(10)3-5/h1,3H,2,10-11H2,(H,12,13). The zero-order valence-electron chi connectivity index (χ0n) is 6.75. The fourth-order valence-electron chi connectivity index (χ4n) is 1.01. The molecule has 0 saturated carbocycles. The van der Waals surface area contributed by atoms with Gasteiger partial charge in [0.2, 0.25) is 0 Å². The van der Waals surface area contributed by atoms with Crippen molar-refractivity contribution >= 4 is 33.3 Å². The number of rotatable bonds is 2. The van der Waals surface area contributed by atoms with Gasteiger partial charge in [0.1, 0.15) is 0 Å². The maximum atomic E-state index is 10.4. The minimum absolute atomic E-state index is 0.116. The van der Waals surface area contributed by atoms with E-state index in [0.717, 1.165) is 4.47 Å². The zero-order chi connectivity index (χ0) is 10.0. The predicted molar refractivity (Wildman–Crippen MR) is 54.3 cm³/mol. The van der Waals surface area contributed by atoms with Gasteiger partial charge < -0.3 is 16.6 Å². The van der Waals surface area contributed by atoms with Gasteiger partial charge in [0.25, 0.3) is 0 Å². The maximum Gasteiger partial charge on any atom is 0.307 e. The van der Waals surface area contributed by atoms with Crippen molar-refractivity contribution in [3.8, 4) is 0 Å². The first-order valence-corrected chi connectivity index (χ1v) is 4.35. The van der Waals surface area contributed by atoms with Crippen LogP contribution in [0.2, 0.25) is 0 Å². The van der Waals surface area contributed by atoms with E-state index in [1.807, 2.05) is 0 Å². The van der Waals surface area contributed by atoms with Gasteiger partial charge in [-0.3, -0.25) is 4.79 Å². The van der Waals surface area contributed by atoms with Crippen LogP contribution in [0.4, 0.5) is 11.4 Å². The van der Waals surface area contributed by atoms with Crippen molar-refractivity contribution in [1.82, 2.24) is 0 Å². The highest BCUT2D eigenvalue weighted by atomic mass is 79.9. The molecule has 5 N–H and O–H groups in total. The number of halogens is 1. The number of aliphatic carboxylic acids is 1. The van der Waals surface area contributed by atoms with E-state index in [-0.39, 0.29) is 6.42 Å². The van der Waals surface area contributed by atoms with Gasteiger partial charge in [0, 0.05) is 4.47 Å². The number of anilines is 2. The van der Waals surface area contributed by atoms with Crippen LogP contribution in [0.15, 0.2) is 16.6 Å². The van der Waals surface area contributed by atoms with Crippen LogP contribution >= 0.6 is 15.9 Å². The summed E-state index contributed by atoms with van der Waals surface area (Å²) in [5, 5.41) is 8.56. The number of nitrogens with two attached hydrogens (primary N) is 2. The van der Waals surface area contributed by atoms with E-state index in [1.54, 1.807) is 12.1 Å². The van der Waals surface area contributed by atoms with E-state index < -0.39 is 5.97 Å². The molecule has 0 heterocycles. The molecule has 0 saturated heterocycles. The first-order chi connectivity index (χ1) is 6.00. The minimum Gasteiger partial charge on any atom is -0.481 e. The summed E-state index contributed by atoms with van der Waals surface area (Å²) in [6, 6.07) is 3.29. The van der Waals surface area contributed by atoms with Crippen molar-refractivity contribution in [2.24, 2.45) is 0 Å². The lowest BCUT2D eigenvalue weighted by Crippen LogP contribution is -2.05. The summed E-state index contributed by atoms with van der Waals surface area (Å²) in [5.74, 6) is -0.927. The highest BCUT2D eigenvalue weighted by Gasteiger charge is 2.08. The second-order valence-electron chi connectivity index (χ2n) is 2.64. The molecule has 0 aliphatic rings. The monoisotopic (exact) mass is 244 g/mol. The van der Waals surface area contributed by atoms with Crippen LogP contribution in [0.1, 0.15) is 5.56 Å². The molecular weight excluding hydrogens is 236 g/mol. The molecule has 0 amide bonds. The van der Waals surface area contributed by atoms with E-state index in [0.29, 0.717) is 16.9 Å². The molecule has 0 radical (unpaired) electrons. The SMILES string of the molecule is Nc1cc(Br)cc(CC(=O)O)c1N. The summed E-state index contributed by atoms with van der Waals surface area (Å²) in [5.41, 5.74) is 12.4. The highest BCUT2D eigenvalue weighted by molar-refractivity contribution is 9.10. The zero-order valence-corrected chi connectivity index (χ0v) is 8.34. The van der Waals surface area contributed by atoms with E-state index in [4.69, 9.17) is 16.6 Å². The molecule has 0 aromatic heterocycles. The fraction of sp³-hybridized carbons (Fsp3) is 0.125. The smallest absolute Gasteiger partial charge is 0.307 e. The lowest BCUT2D eigenvalue weighted by Gasteiger charge is -2.06. The molecule has 0 atom stereocenters. The Morgan fingerprint density at radius 2 is 2.08 bits per heavy atom. The molecule has 0 fully saturated rings. The Labute approximate surface area is 83.7 Å². The molecular formula is C8H9BrN2O2. The van der Waals surface area contributed by atoms with Crippen LogP contribution in [0.5, 0.6) is 0 Å². The van der Waals surface area contributed by atoms with Crippen molar-refractivity contribution in [3.05, 3.63) is 22.2 Å². The molecule has 70 valence electrons. The first kappa shape index (κ1) is 9.85. The van der Waals surface area contributed by atoms with Crippen LogP contribution in [-0.2, 0) is 11.2 Å². The molecule has 0 aliphatic carbocycles. The van der Waals surface area contributed by atoms with Crippen LogP contribution in [0, 0.1) is 0 Å². The number of carboxylic acid groups (broad SMARTS) is 1. The third-order valence-electron chi connectivity index (χ3n) is 1.60. The third kappa shape index (κ3) is 2.35. The van der Waals surface area contributed by atoms with Crippen LogP contribution in [-0.4, -0.2) is 11.1 Å². The Bertz CT molecular complexity index is 352. The van der Waals surface area contributed by atoms with Gasteiger partial charge in [0.05, 0.1) is 17.8 Å². The second-order valence-corrected chi connectivity index (χ2v) is 3.55. The number of hydrogen-bond acceptors (Lipinski definition) is 3. The quantitative estimate of drug-likeness (QED) is 0.684. The molecule has 1 aromatic rings. The van der Waals surface area contributed by atoms with Crippen molar-refractivity contribution in [2.75, 3.05) is 11.5 Å². The molecule has 0 spiro atoms. The predicted octanol–water partition coefficient (Wildman–Crippen LogP) is 1.24. The molecule has 1 aromatic carbocycles. The number of benzene rings is 1. The van der Waals surface area contributed by atoms with Gasteiger partial charge in [-0.25, -0.2) is 0 Å². The molecule has 13 heavy (non-hydrogen) atoms. The Morgan fingerprint density at radius 1 is 1.46 bits per heavy atom. The third-order valence-corrected chi connectivity index (χ3v) is 2.06. The summed E-state index contributed by atoms with van der Waals surface area (Å²) >= 11 is 3.21. The number of nitrogen functional groups attached to an aromatic ring is 2. The maximum absolute atomic E-state index is 10.4. The first-order valence-electron chi connectivity index (χ1n) is 3.56. The summed E-state index contributed by atoms with van der Waals surface area (Å²) in [6.07, 6.45) is -0.116. The molecule has 5 heteroatoms. The van der Waals surface area contributed by atoms with Crippen molar-refractivity contribution in [3.63, 3.8) is 0 Å². The Balaban J connectivity index is 3.12. The molecule has 0 aliphatic heterocycles. The van der Waals surface area contributed by atoms with Gasteiger partial charge >= 0.3 is 5.97 Å². The lowest BCUT2D eigenvalue weighted by molar-refractivity contribution is -0.136. The van der Waals surface area contributed by atoms with Crippen LogP contribution in [0.25, 0.3) is 0 Å². The highest BCUT2D eigenvalue weighted by Crippen LogP contribution is 2.25. The summed E-state index contributed by atoms with van der Waals surface area (Å²) in [6.45, 7) is 0. The molecule has 0 bridgehead atoms. The van der Waals surface area contributed by atoms with E-state index in [9.17, 15) is 4.79 Å². The molecule has 0 unspecified atom stereocenters. The minimum atomic E-state index is -0.927. The molecule has 1 rings (SSSR count). The van der Waals surface area contributed by atoms with Crippen LogP contribution < -0.4 is 11.5 Å². The second kappa shape index (κ2) is 3.66. The Hall–Kier alpha value is -1.23. The van der Waals surface area contributed by atoms with E-state index in [1.165, 1.54) is 0 Å². The van der Waals surface area contributed by atoms with E-state index >= 15 is 0 Å². The van der Waals surface area contributed by atoms with Gasteiger partial charge in [-0.1, -0.05) is 15.9 Å². The van der Waals surface area contributed by atoms with Crippen LogP contribution in [0.3, 0.4) is 0 Å². The van der Waals surface area contributed by atoms with Crippen molar-refractivity contribution in [2.45, 2.75) is 6.42 Å². The number of carbonyl (C=O) groups is 1. The molecule has 4 nitrogen and oxygen atoms in total. The van der Waals surface area contributed by atoms with Gasteiger partial charge in [0.15, 0.2) is 0 Å². The number of hydrogen-bond donors (Lipinski definition) is 3. The van der Waals surface area contributed by atoms with Gasteiger partial charge in [-0.05, 0) is 17.7 Å². The topological polar surface area (TPSA) is 89.3 Å². The van der Waals surface area contributed by atoms with Crippen molar-refractivity contribution < 1.29 is 9.90 Å². The largest absolute Gasteiger partial charge is 0.481 e. The van der Waals surface area contributed by atoms with Crippen molar-refractivity contribution in [1.29, 1.82) is 0 Å². The lowest BCUT2D eigenvalue weighted by atomic mass is 10.1. The summed E-state index contributed by atoms with van der Waals surface area (Å²) in [4.78, 5) is 10.4. The average Bonchev–Trinajstić information content (AvgIpc) is 1.98. The van der Waals surface area contributed by atoms with Gasteiger partial charge in [-0.15, -0.1) is 0 Å². The Kier molecular flexibility index (Phi) is 2.77. The fourth-order valence-corrected chi connectivity index (χ4v) is 1.53. The normalized spacial score (nSPS) is 9.92.